The van der Waals surface area contributed by atoms with Crippen molar-refractivity contribution in [1.29, 1.82) is 0 Å². The predicted molar refractivity (Wildman–Crippen MR) is 67.1 cm³/mol. The summed E-state index contributed by atoms with van der Waals surface area (Å²) in [5.41, 5.74) is 0. The number of hydrogen-bond donors (Lipinski definition) is 0. The molecule has 0 aliphatic rings. The van der Waals surface area contributed by atoms with Crippen LogP contribution in [0.5, 0.6) is 0 Å². The zero-order valence-electron chi connectivity index (χ0n) is 11.3. The highest BCUT2D eigenvalue weighted by molar-refractivity contribution is 6.73. The minimum Gasteiger partial charge on any atom is -0.517 e. The molecular formula is C12H28BF. The van der Waals surface area contributed by atoms with Crippen LogP contribution in [0, 0.1) is 0 Å². The van der Waals surface area contributed by atoms with Crippen LogP contribution >= 0.6 is 0 Å². The van der Waals surface area contributed by atoms with Crippen LogP contribution in [0.3, 0.4) is 0 Å². The fraction of sp³-hybridized carbons (Fsp3) is 1.00. The second-order valence-electron chi connectivity index (χ2n) is 4.76. The van der Waals surface area contributed by atoms with E-state index in [9.17, 15) is 4.32 Å². The van der Waals surface area contributed by atoms with Gasteiger partial charge in [0.25, 0.3) is 0 Å². The van der Waals surface area contributed by atoms with Gasteiger partial charge in [-0.05, 0) is 0 Å². The third-order valence-corrected chi connectivity index (χ3v) is 3.23. The van der Waals surface area contributed by atoms with Crippen molar-refractivity contribution in [2.24, 2.45) is 0 Å². The van der Waals surface area contributed by atoms with Crippen molar-refractivity contribution in [3.63, 3.8) is 0 Å². The van der Waals surface area contributed by atoms with Crippen molar-refractivity contribution in [2.45, 2.75) is 78.3 Å². The maximum atomic E-state index is 14.4. The predicted octanol–water partition coefficient (Wildman–Crippen LogP) is 5.41. The normalized spacial score (nSPS) is 12.0. The van der Waals surface area contributed by atoms with E-state index in [-0.39, 0.29) is 1.43 Å². The first-order valence-corrected chi connectivity index (χ1v) is 6.56. The molecule has 86 valence electrons. The van der Waals surface area contributed by atoms with E-state index < -0.39 is 6.42 Å². The third kappa shape index (κ3) is 6.45. The molecule has 0 N–H and O–H groups in total. The van der Waals surface area contributed by atoms with Crippen LogP contribution in [0.2, 0.25) is 19.0 Å². The van der Waals surface area contributed by atoms with Crippen molar-refractivity contribution >= 4 is 6.42 Å². The van der Waals surface area contributed by atoms with E-state index in [1.54, 1.807) is 0 Å². The first-order valence-electron chi connectivity index (χ1n) is 6.56. The standard InChI is InChI=1S/C12H27BF/c1-4-7-10-13(14,11-8-5-2)12-9-6-3/h4-12H2,1-3H3/q-1/p+1. The molecule has 2 heteroatoms. The van der Waals surface area contributed by atoms with Crippen LogP contribution in [-0.2, 0) is 0 Å². The Morgan fingerprint density at radius 3 is 1.29 bits per heavy atom. The van der Waals surface area contributed by atoms with E-state index in [0.29, 0.717) is 0 Å². The molecule has 0 amide bonds. The Kier molecular flexibility index (Phi) is 8.31. The molecule has 0 spiro atoms. The first kappa shape index (κ1) is 14.0. The van der Waals surface area contributed by atoms with Crippen molar-refractivity contribution in [3.8, 4) is 0 Å². The average molecular weight is 202 g/mol. The minimum absolute atomic E-state index is 0. The number of hydrogen-bond acceptors (Lipinski definition) is 0. The van der Waals surface area contributed by atoms with Crippen LogP contribution in [-0.4, -0.2) is 6.42 Å². The zero-order valence-corrected chi connectivity index (χ0v) is 10.3. The maximum Gasteiger partial charge on any atom is 1.00 e. The summed E-state index contributed by atoms with van der Waals surface area (Å²) >= 11 is 0. The molecule has 0 nitrogen and oxygen atoms in total. The lowest BCUT2D eigenvalue weighted by atomic mass is 9.35. The maximum absolute atomic E-state index is 14.4. The molecule has 0 aromatic heterocycles. The molecule has 0 atom stereocenters. The van der Waals surface area contributed by atoms with E-state index in [1.165, 1.54) is 0 Å². The molecule has 0 bridgehead atoms. The molecule has 0 aromatic carbocycles. The lowest BCUT2D eigenvalue weighted by Gasteiger charge is -2.31. The Balaban J connectivity index is 0. The second-order valence-corrected chi connectivity index (χ2v) is 4.76. The average Bonchev–Trinajstić information content (AvgIpc) is 2.21. The fourth-order valence-corrected chi connectivity index (χ4v) is 2.14. The van der Waals surface area contributed by atoms with Gasteiger partial charge in [0.2, 0.25) is 0 Å². The second kappa shape index (κ2) is 8.32. The Morgan fingerprint density at radius 2 is 1.07 bits per heavy atom. The Bertz CT molecular complexity index is 109. The summed E-state index contributed by atoms with van der Waals surface area (Å²) < 4.78 is 14.4. The van der Waals surface area contributed by atoms with E-state index in [2.05, 4.69) is 20.8 Å². The summed E-state index contributed by atoms with van der Waals surface area (Å²) in [6.45, 7) is 6.45. The van der Waals surface area contributed by atoms with Gasteiger partial charge in [-0.25, -0.2) is 0 Å². The highest BCUT2D eigenvalue weighted by Crippen LogP contribution is 2.29. The minimum atomic E-state index is -1.51. The summed E-state index contributed by atoms with van der Waals surface area (Å²) in [5.74, 6) is 0. The lowest BCUT2D eigenvalue weighted by molar-refractivity contribution is 0.672. The van der Waals surface area contributed by atoms with Crippen LogP contribution < -0.4 is 0 Å². The van der Waals surface area contributed by atoms with Gasteiger partial charge in [-0.3, -0.25) is 0 Å². The third-order valence-electron chi connectivity index (χ3n) is 3.23. The van der Waals surface area contributed by atoms with Gasteiger partial charge in [0.15, 0.2) is 6.42 Å². The first-order chi connectivity index (χ1) is 6.68. The van der Waals surface area contributed by atoms with Crippen molar-refractivity contribution < 1.29 is 5.74 Å². The van der Waals surface area contributed by atoms with Crippen LogP contribution in [0.25, 0.3) is 0 Å². The molecule has 0 saturated carbocycles. The Morgan fingerprint density at radius 1 is 0.786 bits per heavy atom. The van der Waals surface area contributed by atoms with Crippen LogP contribution in [0.4, 0.5) is 4.32 Å². The van der Waals surface area contributed by atoms with E-state index in [0.717, 1.165) is 57.5 Å². The highest BCUT2D eigenvalue weighted by Gasteiger charge is 2.21. The molecule has 0 rings (SSSR count). The lowest BCUT2D eigenvalue weighted by Crippen LogP contribution is -2.27. The summed E-state index contributed by atoms with van der Waals surface area (Å²) in [6, 6.07) is 0. The Hall–Kier alpha value is -0.00506. The largest absolute Gasteiger partial charge is 1.00 e. The fourth-order valence-electron chi connectivity index (χ4n) is 2.14. The van der Waals surface area contributed by atoms with Gasteiger partial charge < -0.3 is 4.32 Å². The molecule has 0 aliphatic carbocycles. The Labute approximate surface area is 91.1 Å². The number of halogens is 1. The van der Waals surface area contributed by atoms with Crippen molar-refractivity contribution in [1.82, 2.24) is 0 Å². The molecule has 0 saturated heterocycles. The van der Waals surface area contributed by atoms with Gasteiger partial charge in [-0.2, -0.15) is 0 Å². The smallest absolute Gasteiger partial charge is 0.517 e. The molecule has 0 unspecified atom stereocenters. The SMILES string of the molecule is CCCC[B-](F)(CCCC)CCCC.[H+]. The molecule has 14 heavy (non-hydrogen) atoms. The molecule has 0 heterocycles. The highest BCUT2D eigenvalue weighted by atomic mass is 19.1. The monoisotopic (exact) mass is 202 g/mol. The van der Waals surface area contributed by atoms with Gasteiger partial charge in [0, 0.05) is 0 Å². The van der Waals surface area contributed by atoms with Gasteiger partial charge in [-0.1, -0.05) is 59.3 Å². The summed E-state index contributed by atoms with van der Waals surface area (Å²) in [7, 11) is 0. The molecule has 0 aromatic rings. The molecular weight excluding hydrogens is 174 g/mol. The summed E-state index contributed by atoms with van der Waals surface area (Å²) in [5, 5.41) is 0. The topological polar surface area (TPSA) is 0 Å². The summed E-state index contributed by atoms with van der Waals surface area (Å²) in [4.78, 5) is 0. The van der Waals surface area contributed by atoms with E-state index in [4.69, 9.17) is 0 Å². The van der Waals surface area contributed by atoms with Crippen molar-refractivity contribution in [2.75, 3.05) is 0 Å². The quantitative estimate of drug-likeness (QED) is 0.438. The zero-order chi connectivity index (χ0) is 10.9. The van der Waals surface area contributed by atoms with E-state index in [1.807, 2.05) is 0 Å². The van der Waals surface area contributed by atoms with Crippen molar-refractivity contribution in [3.05, 3.63) is 0 Å². The number of unbranched alkanes of at least 4 members (excludes halogenated alkanes) is 3. The molecule has 0 aliphatic heterocycles. The van der Waals surface area contributed by atoms with Crippen LogP contribution in [0.1, 0.15) is 60.7 Å². The van der Waals surface area contributed by atoms with Gasteiger partial charge >= 0.3 is 1.43 Å². The van der Waals surface area contributed by atoms with Crippen LogP contribution in [0.15, 0.2) is 0 Å². The van der Waals surface area contributed by atoms with Gasteiger partial charge in [0.1, 0.15) is 0 Å². The summed E-state index contributed by atoms with van der Waals surface area (Å²) in [6.07, 6.45) is 7.64. The molecule has 0 radical (unpaired) electrons. The van der Waals surface area contributed by atoms with Gasteiger partial charge in [-0.15, -0.1) is 19.0 Å². The molecule has 0 fully saturated rings. The number of rotatable bonds is 9. The van der Waals surface area contributed by atoms with E-state index >= 15 is 0 Å². The van der Waals surface area contributed by atoms with Gasteiger partial charge in [0.05, 0.1) is 0 Å².